The van der Waals surface area contributed by atoms with E-state index in [0.29, 0.717) is 5.69 Å². The number of hydrogen-bond donors (Lipinski definition) is 0. The first-order valence-electron chi connectivity index (χ1n) is 3.88. The smallest absolute Gasteiger partial charge is 0.281 e. The first kappa shape index (κ1) is 9.45. The van der Waals surface area contributed by atoms with Gasteiger partial charge in [0.2, 0.25) is 0 Å². The maximum absolute atomic E-state index is 12.5. The molecule has 68 valence electrons. The fourth-order valence-corrected chi connectivity index (χ4v) is 1.02. The minimum absolute atomic E-state index is 0.180. The lowest BCUT2D eigenvalue weighted by Gasteiger charge is -2.15. The van der Waals surface area contributed by atoms with Gasteiger partial charge in [0, 0.05) is 12.2 Å². The van der Waals surface area contributed by atoms with Gasteiger partial charge in [0.05, 0.1) is 0 Å². The molecule has 0 aliphatic rings. The number of carbonyl (C=O) groups excluding carboxylic acids is 1. The highest BCUT2D eigenvalue weighted by Gasteiger charge is 2.11. The Labute approximate surface area is 76.3 Å². The molecule has 1 amide bonds. The van der Waals surface area contributed by atoms with Gasteiger partial charge in [-0.2, -0.15) is 0 Å². The molecule has 1 aromatic rings. The van der Waals surface area contributed by atoms with E-state index in [1.807, 2.05) is 0 Å². The van der Waals surface area contributed by atoms with Crippen molar-refractivity contribution in [1.82, 2.24) is 0 Å². The standard InChI is InChI=1S/C10H10FNO/c1-2-8-12(10(11)13)9-6-4-3-5-7-9/h2-7H,1,8H2. The normalized spacial score (nSPS) is 9.31. The van der Waals surface area contributed by atoms with E-state index in [0.717, 1.165) is 4.90 Å². The molecule has 0 aliphatic heterocycles. The van der Waals surface area contributed by atoms with Gasteiger partial charge in [0.1, 0.15) is 0 Å². The summed E-state index contributed by atoms with van der Waals surface area (Å²) >= 11 is 0. The van der Waals surface area contributed by atoms with Gasteiger partial charge in [0.25, 0.3) is 0 Å². The van der Waals surface area contributed by atoms with E-state index in [1.54, 1.807) is 30.3 Å². The zero-order valence-electron chi connectivity index (χ0n) is 7.11. The molecule has 1 aromatic carbocycles. The summed E-state index contributed by atoms with van der Waals surface area (Å²) in [5, 5.41) is 0. The molecule has 3 heteroatoms. The van der Waals surface area contributed by atoms with Crippen molar-refractivity contribution in [2.45, 2.75) is 0 Å². The number of carbonyl (C=O) groups is 1. The molecule has 1 rings (SSSR count). The van der Waals surface area contributed by atoms with E-state index in [4.69, 9.17) is 0 Å². The summed E-state index contributed by atoms with van der Waals surface area (Å²) in [6, 6.07) is 8.63. The summed E-state index contributed by atoms with van der Waals surface area (Å²) in [7, 11) is 0. The summed E-state index contributed by atoms with van der Waals surface area (Å²) in [6.07, 6.45) is 0.0101. The Balaban J connectivity index is 2.88. The molecule has 0 saturated carbocycles. The molecule has 0 radical (unpaired) electrons. The van der Waals surface area contributed by atoms with Crippen LogP contribution in [-0.4, -0.2) is 12.7 Å². The van der Waals surface area contributed by atoms with E-state index in [9.17, 15) is 9.18 Å². The van der Waals surface area contributed by atoms with Crippen LogP contribution >= 0.6 is 0 Å². The van der Waals surface area contributed by atoms with Crippen LogP contribution in [0.15, 0.2) is 43.0 Å². The second-order valence-electron chi connectivity index (χ2n) is 2.49. The van der Waals surface area contributed by atoms with Gasteiger partial charge in [-0.3, -0.25) is 4.90 Å². The minimum atomic E-state index is -1.47. The Morgan fingerprint density at radius 2 is 2.08 bits per heavy atom. The molecule has 0 saturated heterocycles. The van der Waals surface area contributed by atoms with Crippen molar-refractivity contribution in [2.24, 2.45) is 0 Å². The summed E-state index contributed by atoms with van der Waals surface area (Å²) in [5.41, 5.74) is 0.537. The molecular weight excluding hydrogens is 169 g/mol. The number of para-hydroxylation sites is 1. The average molecular weight is 179 g/mol. The molecule has 0 spiro atoms. The van der Waals surface area contributed by atoms with Crippen molar-refractivity contribution < 1.29 is 9.18 Å². The number of anilines is 1. The van der Waals surface area contributed by atoms with Crippen LogP contribution in [0.4, 0.5) is 14.9 Å². The maximum Gasteiger partial charge on any atom is 0.404 e. The highest BCUT2D eigenvalue weighted by atomic mass is 19.1. The SMILES string of the molecule is C=CCN(C(=O)F)c1ccccc1. The summed E-state index contributed by atoms with van der Waals surface area (Å²) in [5.74, 6) is 0. The second kappa shape index (κ2) is 4.40. The number of rotatable bonds is 3. The quantitative estimate of drug-likeness (QED) is 0.397. The molecule has 13 heavy (non-hydrogen) atoms. The second-order valence-corrected chi connectivity index (χ2v) is 2.49. The Morgan fingerprint density at radius 3 is 2.54 bits per heavy atom. The van der Waals surface area contributed by atoms with Crippen LogP contribution in [-0.2, 0) is 0 Å². The summed E-state index contributed by atoms with van der Waals surface area (Å²) < 4.78 is 12.5. The van der Waals surface area contributed by atoms with Crippen LogP contribution < -0.4 is 4.90 Å². The van der Waals surface area contributed by atoms with Gasteiger partial charge in [-0.1, -0.05) is 24.3 Å². The molecule has 0 N–H and O–H groups in total. The van der Waals surface area contributed by atoms with Crippen molar-refractivity contribution >= 4 is 11.8 Å². The molecule has 0 unspecified atom stereocenters. The first-order valence-corrected chi connectivity index (χ1v) is 3.88. The van der Waals surface area contributed by atoms with Crippen LogP contribution in [0.25, 0.3) is 0 Å². The molecule has 0 aliphatic carbocycles. The van der Waals surface area contributed by atoms with Gasteiger partial charge >= 0.3 is 6.16 Å². The van der Waals surface area contributed by atoms with Gasteiger partial charge in [-0.15, -0.1) is 11.0 Å². The molecule has 0 aromatic heterocycles. The lowest BCUT2D eigenvalue weighted by Crippen LogP contribution is -2.26. The highest BCUT2D eigenvalue weighted by Crippen LogP contribution is 2.13. The van der Waals surface area contributed by atoms with Gasteiger partial charge in [-0.25, -0.2) is 4.79 Å². The average Bonchev–Trinajstić information content (AvgIpc) is 2.15. The molecule has 0 atom stereocenters. The van der Waals surface area contributed by atoms with E-state index < -0.39 is 6.16 Å². The van der Waals surface area contributed by atoms with Crippen LogP contribution in [0.5, 0.6) is 0 Å². The van der Waals surface area contributed by atoms with Gasteiger partial charge < -0.3 is 0 Å². The fraction of sp³-hybridized carbons (Fsp3) is 0.100. The van der Waals surface area contributed by atoms with Crippen molar-refractivity contribution in [1.29, 1.82) is 0 Å². The van der Waals surface area contributed by atoms with Crippen molar-refractivity contribution in [3.63, 3.8) is 0 Å². The predicted molar refractivity (Wildman–Crippen MR) is 50.5 cm³/mol. The van der Waals surface area contributed by atoms with Crippen LogP contribution in [0.1, 0.15) is 0 Å². The lowest BCUT2D eigenvalue weighted by atomic mass is 10.3. The minimum Gasteiger partial charge on any atom is -0.281 e. The lowest BCUT2D eigenvalue weighted by molar-refractivity contribution is 0.228. The molecule has 2 nitrogen and oxygen atoms in total. The Morgan fingerprint density at radius 1 is 1.46 bits per heavy atom. The van der Waals surface area contributed by atoms with E-state index >= 15 is 0 Å². The van der Waals surface area contributed by atoms with E-state index in [-0.39, 0.29) is 6.54 Å². The number of benzene rings is 1. The molecular formula is C10H10FNO. The summed E-state index contributed by atoms with van der Waals surface area (Å²) in [4.78, 5) is 11.6. The van der Waals surface area contributed by atoms with Crippen LogP contribution in [0.2, 0.25) is 0 Å². The third-order valence-electron chi connectivity index (χ3n) is 1.59. The monoisotopic (exact) mass is 179 g/mol. The molecule has 0 bridgehead atoms. The Bertz CT molecular complexity index is 297. The van der Waals surface area contributed by atoms with Gasteiger partial charge in [0.15, 0.2) is 0 Å². The largest absolute Gasteiger partial charge is 0.404 e. The molecule has 0 fully saturated rings. The number of nitrogens with zero attached hydrogens (tertiary/aromatic N) is 1. The van der Waals surface area contributed by atoms with E-state index in [2.05, 4.69) is 6.58 Å². The predicted octanol–water partition coefficient (Wildman–Crippen LogP) is 2.77. The Kier molecular flexibility index (Phi) is 3.20. The van der Waals surface area contributed by atoms with Crippen LogP contribution in [0.3, 0.4) is 0 Å². The maximum atomic E-state index is 12.5. The third-order valence-corrected chi connectivity index (χ3v) is 1.59. The van der Waals surface area contributed by atoms with Crippen LogP contribution in [0, 0.1) is 0 Å². The highest BCUT2D eigenvalue weighted by molar-refractivity contribution is 5.86. The third kappa shape index (κ3) is 2.40. The Hall–Kier alpha value is -1.64. The van der Waals surface area contributed by atoms with E-state index in [1.165, 1.54) is 6.08 Å². The number of amides is 1. The van der Waals surface area contributed by atoms with Gasteiger partial charge in [-0.05, 0) is 12.1 Å². The zero-order valence-corrected chi connectivity index (χ0v) is 7.11. The molecule has 0 heterocycles. The van der Waals surface area contributed by atoms with Crippen molar-refractivity contribution in [2.75, 3.05) is 11.4 Å². The number of halogens is 1. The van der Waals surface area contributed by atoms with Crippen molar-refractivity contribution in [3.05, 3.63) is 43.0 Å². The topological polar surface area (TPSA) is 20.3 Å². The number of hydrogen-bond acceptors (Lipinski definition) is 1. The first-order chi connectivity index (χ1) is 6.25. The van der Waals surface area contributed by atoms with Crippen molar-refractivity contribution in [3.8, 4) is 0 Å². The zero-order chi connectivity index (χ0) is 9.68. The fourth-order valence-electron chi connectivity index (χ4n) is 1.02. The summed E-state index contributed by atoms with van der Waals surface area (Å²) in [6.45, 7) is 3.63.